The first-order valence-corrected chi connectivity index (χ1v) is 5.41. The summed E-state index contributed by atoms with van der Waals surface area (Å²) in [5, 5.41) is 40.0. The van der Waals surface area contributed by atoms with Gasteiger partial charge in [-0.2, -0.15) is 0 Å². The topological polar surface area (TPSA) is 122 Å². The molecule has 5 atom stereocenters. The van der Waals surface area contributed by atoms with Crippen molar-refractivity contribution in [2.24, 2.45) is 0 Å². The molecular formula is C9H16N2O6. The highest BCUT2D eigenvalue weighted by atomic mass is 16.5. The third-order valence-electron chi connectivity index (χ3n) is 2.98. The predicted molar refractivity (Wildman–Crippen MR) is 53.6 cm³/mol. The first-order valence-electron chi connectivity index (χ1n) is 5.41. The van der Waals surface area contributed by atoms with Gasteiger partial charge in [-0.3, -0.25) is 4.90 Å². The number of nitrogens with zero attached hydrogens (tertiary/aromatic N) is 1. The summed E-state index contributed by atoms with van der Waals surface area (Å²) in [4.78, 5) is 12.7. The lowest BCUT2D eigenvalue weighted by Gasteiger charge is -2.43. The van der Waals surface area contributed by atoms with Gasteiger partial charge in [-0.15, -0.1) is 0 Å². The molecular weight excluding hydrogens is 232 g/mol. The quantitative estimate of drug-likeness (QED) is 0.340. The normalized spacial score (nSPS) is 43.4. The molecule has 2 saturated heterocycles. The van der Waals surface area contributed by atoms with Crippen LogP contribution in [0.25, 0.3) is 0 Å². The van der Waals surface area contributed by atoms with E-state index < -0.39 is 36.8 Å². The summed E-state index contributed by atoms with van der Waals surface area (Å²) >= 11 is 0. The van der Waals surface area contributed by atoms with Gasteiger partial charge in [0.25, 0.3) is 0 Å². The van der Waals surface area contributed by atoms with E-state index in [0.29, 0.717) is 6.42 Å². The first-order chi connectivity index (χ1) is 8.00. The molecule has 0 aromatic rings. The molecule has 0 unspecified atom stereocenters. The molecule has 0 spiro atoms. The van der Waals surface area contributed by atoms with Crippen LogP contribution in [0.3, 0.4) is 0 Å². The van der Waals surface area contributed by atoms with Crippen LogP contribution in [0, 0.1) is 0 Å². The van der Waals surface area contributed by atoms with Crippen LogP contribution in [0.15, 0.2) is 0 Å². The van der Waals surface area contributed by atoms with Gasteiger partial charge in [0.15, 0.2) is 6.23 Å². The average Bonchev–Trinajstić information content (AvgIpc) is 2.28. The molecule has 2 amide bonds. The summed E-state index contributed by atoms with van der Waals surface area (Å²) in [6.07, 6.45) is -5.51. The van der Waals surface area contributed by atoms with Crippen LogP contribution in [-0.4, -0.2) is 75.3 Å². The van der Waals surface area contributed by atoms with E-state index in [1.807, 2.05) is 0 Å². The molecule has 17 heavy (non-hydrogen) atoms. The Morgan fingerprint density at radius 2 is 1.94 bits per heavy atom. The van der Waals surface area contributed by atoms with Gasteiger partial charge in [-0.25, -0.2) is 4.79 Å². The third-order valence-corrected chi connectivity index (χ3v) is 2.98. The number of ether oxygens (including phenoxy) is 1. The van der Waals surface area contributed by atoms with E-state index in [2.05, 4.69) is 5.32 Å². The first kappa shape index (κ1) is 12.5. The fourth-order valence-corrected chi connectivity index (χ4v) is 1.97. The molecule has 2 fully saturated rings. The fraction of sp³-hybridized carbons (Fsp3) is 0.889. The molecule has 0 bridgehead atoms. The Hall–Kier alpha value is -0.930. The van der Waals surface area contributed by atoms with E-state index in [-0.39, 0.29) is 13.2 Å². The Morgan fingerprint density at radius 3 is 2.59 bits per heavy atom. The summed E-state index contributed by atoms with van der Waals surface area (Å²) in [7, 11) is 0. The second-order valence-electron chi connectivity index (χ2n) is 4.22. The number of amides is 2. The minimum absolute atomic E-state index is 0.158. The molecule has 0 saturated carbocycles. The molecule has 5 N–H and O–H groups in total. The highest BCUT2D eigenvalue weighted by molar-refractivity contribution is 5.75. The monoisotopic (exact) mass is 248 g/mol. The highest BCUT2D eigenvalue weighted by Crippen LogP contribution is 2.20. The van der Waals surface area contributed by atoms with E-state index in [9.17, 15) is 25.2 Å². The Kier molecular flexibility index (Phi) is 3.50. The lowest BCUT2D eigenvalue weighted by molar-refractivity contribution is -0.221. The zero-order valence-corrected chi connectivity index (χ0v) is 9.06. The second kappa shape index (κ2) is 4.75. The van der Waals surface area contributed by atoms with E-state index in [0.717, 1.165) is 0 Å². The number of nitrogens with one attached hydrogen (secondary N) is 1. The number of carbonyl (C=O) groups is 1. The van der Waals surface area contributed by atoms with E-state index in [1.54, 1.807) is 0 Å². The fourth-order valence-electron chi connectivity index (χ4n) is 1.97. The number of aliphatic hydroxyl groups is 4. The molecule has 2 aliphatic heterocycles. The van der Waals surface area contributed by atoms with Crippen molar-refractivity contribution in [3.8, 4) is 0 Å². The van der Waals surface area contributed by atoms with Gasteiger partial charge in [0.1, 0.15) is 24.5 Å². The van der Waals surface area contributed by atoms with Crippen molar-refractivity contribution in [2.45, 2.75) is 37.2 Å². The average molecular weight is 248 g/mol. The maximum atomic E-state index is 11.6. The molecule has 2 heterocycles. The minimum Gasteiger partial charge on any atom is -0.388 e. The van der Waals surface area contributed by atoms with Crippen molar-refractivity contribution in [2.75, 3.05) is 13.2 Å². The second-order valence-corrected chi connectivity index (χ2v) is 4.22. The number of carbonyl (C=O) groups excluding carboxylic acids is 1. The van der Waals surface area contributed by atoms with Gasteiger partial charge >= 0.3 is 6.03 Å². The number of rotatable bonds is 1. The zero-order valence-electron chi connectivity index (χ0n) is 9.06. The molecule has 2 rings (SSSR count). The Bertz CT molecular complexity index is 301. The van der Waals surface area contributed by atoms with Crippen LogP contribution >= 0.6 is 0 Å². The SMILES string of the molecule is O=C1N[C@H](O)CCN1[C@@H]1OC[C@@H](O)[C@@H](O)[C@H]1O. The van der Waals surface area contributed by atoms with Crippen molar-refractivity contribution < 1.29 is 30.0 Å². The van der Waals surface area contributed by atoms with Crippen LogP contribution in [0.1, 0.15) is 6.42 Å². The van der Waals surface area contributed by atoms with Gasteiger partial charge in [-0.1, -0.05) is 0 Å². The van der Waals surface area contributed by atoms with Crippen LogP contribution in [-0.2, 0) is 4.74 Å². The van der Waals surface area contributed by atoms with Gasteiger partial charge in [-0.05, 0) is 0 Å². The largest absolute Gasteiger partial charge is 0.388 e. The van der Waals surface area contributed by atoms with Crippen LogP contribution in [0.2, 0.25) is 0 Å². The smallest absolute Gasteiger partial charge is 0.321 e. The van der Waals surface area contributed by atoms with Gasteiger partial charge in [0.05, 0.1) is 6.61 Å². The van der Waals surface area contributed by atoms with E-state index in [4.69, 9.17) is 4.74 Å². The number of hydrogen-bond acceptors (Lipinski definition) is 6. The predicted octanol–water partition coefficient (Wildman–Crippen LogP) is -2.84. The van der Waals surface area contributed by atoms with Crippen molar-refractivity contribution in [3.05, 3.63) is 0 Å². The Morgan fingerprint density at radius 1 is 1.24 bits per heavy atom. The number of aliphatic hydroxyl groups excluding tert-OH is 4. The van der Waals surface area contributed by atoms with Crippen molar-refractivity contribution >= 4 is 6.03 Å². The molecule has 8 heteroatoms. The molecule has 0 aromatic heterocycles. The van der Waals surface area contributed by atoms with Crippen LogP contribution in [0.4, 0.5) is 4.79 Å². The highest BCUT2D eigenvalue weighted by Gasteiger charge is 2.43. The lowest BCUT2D eigenvalue weighted by Crippen LogP contribution is -2.64. The van der Waals surface area contributed by atoms with Gasteiger partial charge in [0.2, 0.25) is 0 Å². The standard InChI is InChI=1S/C9H16N2O6/c12-4-3-17-8(7(15)6(4)14)11-2-1-5(13)10-9(11)16/h4-8,12-15H,1-3H2,(H,10,16)/t4-,5-,6-,7-,8-/m1/s1. The Labute approximate surface area is 97.4 Å². The number of hydrogen-bond donors (Lipinski definition) is 5. The van der Waals surface area contributed by atoms with E-state index >= 15 is 0 Å². The van der Waals surface area contributed by atoms with Crippen LogP contribution in [0.5, 0.6) is 0 Å². The van der Waals surface area contributed by atoms with Crippen molar-refractivity contribution in [3.63, 3.8) is 0 Å². The maximum absolute atomic E-state index is 11.6. The summed E-state index contributed by atoms with van der Waals surface area (Å²) in [5.41, 5.74) is 0. The van der Waals surface area contributed by atoms with Crippen LogP contribution < -0.4 is 5.32 Å². The van der Waals surface area contributed by atoms with Gasteiger partial charge in [0, 0.05) is 13.0 Å². The summed E-state index contributed by atoms with van der Waals surface area (Å²) in [6.45, 7) is 0.0484. The minimum atomic E-state index is -1.38. The summed E-state index contributed by atoms with van der Waals surface area (Å²) in [5.74, 6) is 0. The van der Waals surface area contributed by atoms with Crippen molar-refractivity contribution in [1.82, 2.24) is 10.2 Å². The molecule has 8 nitrogen and oxygen atoms in total. The Balaban J connectivity index is 2.04. The molecule has 98 valence electrons. The van der Waals surface area contributed by atoms with Gasteiger partial charge < -0.3 is 30.5 Å². The van der Waals surface area contributed by atoms with E-state index in [1.165, 1.54) is 4.90 Å². The molecule has 0 aliphatic carbocycles. The number of urea groups is 1. The third kappa shape index (κ3) is 2.35. The molecule has 0 radical (unpaired) electrons. The van der Waals surface area contributed by atoms with Crippen molar-refractivity contribution in [1.29, 1.82) is 0 Å². The summed E-state index contributed by atoms with van der Waals surface area (Å²) in [6, 6.07) is -0.573. The lowest BCUT2D eigenvalue weighted by atomic mass is 10.0. The molecule has 2 aliphatic rings. The maximum Gasteiger partial charge on any atom is 0.321 e. The molecule has 0 aromatic carbocycles. The zero-order chi connectivity index (χ0) is 12.6. The summed E-state index contributed by atoms with van der Waals surface area (Å²) < 4.78 is 5.14.